The number of hydrogen-bond acceptors (Lipinski definition) is 3. The zero-order valence-corrected chi connectivity index (χ0v) is 11.9. The molecular weight excluding hydrogens is 254 g/mol. The molecular formula is C15H21N3O2. The van der Waals surface area contributed by atoms with Gasteiger partial charge in [-0.3, -0.25) is 4.57 Å². The van der Waals surface area contributed by atoms with Gasteiger partial charge in [0.1, 0.15) is 0 Å². The van der Waals surface area contributed by atoms with E-state index < -0.39 is 6.10 Å². The Bertz CT molecular complexity index is 673. The topological polar surface area (TPSA) is 70.0 Å². The maximum absolute atomic E-state index is 12.0. The first-order valence-corrected chi connectivity index (χ1v) is 7.27. The molecule has 1 aliphatic heterocycles. The molecule has 1 aromatic heterocycles. The molecule has 5 nitrogen and oxygen atoms in total. The SMILES string of the molecule is CC[C@@H](C)N[C@@H]1CCn2c(=O)[nH]c3cccc(c32)[C@H]1O. The molecule has 0 bridgehead atoms. The Morgan fingerprint density at radius 3 is 3.10 bits per heavy atom. The van der Waals surface area contributed by atoms with E-state index in [9.17, 15) is 9.90 Å². The summed E-state index contributed by atoms with van der Waals surface area (Å²) in [5.74, 6) is 0. The van der Waals surface area contributed by atoms with Crippen molar-refractivity contribution in [3.05, 3.63) is 34.2 Å². The molecule has 1 aromatic carbocycles. The molecule has 0 amide bonds. The number of aryl methyl sites for hydroxylation is 1. The molecule has 108 valence electrons. The average molecular weight is 275 g/mol. The number of H-pyrrole nitrogens is 1. The second-order valence-electron chi connectivity index (χ2n) is 5.64. The fourth-order valence-electron chi connectivity index (χ4n) is 3.00. The monoisotopic (exact) mass is 275 g/mol. The van der Waals surface area contributed by atoms with E-state index in [1.54, 1.807) is 4.57 Å². The lowest BCUT2D eigenvalue weighted by Crippen LogP contribution is -2.40. The number of benzene rings is 1. The van der Waals surface area contributed by atoms with E-state index in [0.29, 0.717) is 12.6 Å². The van der Waals surface area contributed by atoms with Crippen LogP contribution in [0.2, 0.25) is 0 Å². The van der Waals surface area contributed by atoms with Crippen molar-refractivity contribution in [1.82, 2.24) is 14.9 Å². The van der Waals surface area contributed by atoms with Gasteiger partial charge in [-0.15, -0.1) is 0 Å². The van der Waals surface area contributed by atoms with Gasteiger partial charge in [0.15, 0.2) is 0 Å². The molecule has 0 saturated carbocycles. The van der Waals surface area contributed by atoms with Crippen LogP contribution in [-0.4, -0.2) is 26.7 Å². The van der Waals surface area contributed by atoms with Crippen molar-refractivity contribution < 1.29 is 5.11 Å². The molecule has 5 heteroatoms. The second-order valence-corrected chi connectivity index (χ2v) is 5.64. The first-order chi connectivity index (χ1) is 9.61. The zero-order chi connectivity index (χ0) is 14.3. The first kappa shape index (κ1) is 13.4. The summed E-state index contributed by atoms with van der Waals surface area (Å²) in [6.45, 7) is 4.86. The summed E-state index contributed by atoms with van der Waals surface area (Å²) in [6.07, 6.45) is 1.17. The van der Waals surface area contributed by atoms with Crippen LogP contribution in [0.15, 0.2) is 23.0 Å². The van der Waals surface area contributed by atoms with Crippen molar-refractivity contribution in [3.8, 4) is 0 Å². The molecule has 1 aliphatic rings. The Hall–Kier alpha value is -1.59. The van der Waals surface area contributed by atoms with Crippen LogP contribution >= 0.6 is 0 Å². The third kappa shape index (κ3) is 2.07. The van der Waals surface area contributed by atoms with Gasteiger partial charge in [0.2, 0.25) is 0 Å². The van der Waals surface area contributed by atoms with Crippen LogP contribution in [0.5, 0.6) is 0 Å². The van der Waals surface area contributed by atoms with Gasteiger partial charge < -0.3 is 15.4 Å². The molecule has 0 radical (unpaired) electrons. The van der Waals surface area contributed by atoms with E-state index in [-0.39, 0.29) is 11.7 Å². The Balaban J connectivity index is 2.06. The molecule has 0 saturated heterocycles. The smallest absolute Gasteiger partial charge is 0.326 e. The van der Waals surface area contributed by atoms with Crippen LogP contribution in [0.3, 0.4) is 0 Å². The predicted molar refractivity (Wildman–Crippen MR) is 78.8 cm³/mol. The van der Waals surface area contributed by atoms with Gasteiger partial charge in [0.05, 0.1) is 17.1 Å². The van der Waals surface area contributed by atoms with Gasteiger partial charge >= 0.3 is 5.69 Å². The van der Waals surface area contributed by atoms with Crippen molar-refractivity contribution in [3.63, 3.8) is 0 Å². The number of nitrogens with one attached hydrogen (secondary N) is 2. The van der Waals surface area contributed by atoms with Crippen LogP contribution in [0.4, 0.5) is 0 Å². The number of aromatic nitrogens is 2. The van der Waals surface area contributed by atoms with E-state index in [0.717, 1.165) is 29.4 Å². The summed E-state index contributed by atoms with van der Waals surface area (Å²) < 4.78 is 1.74. The summed E-state index contributed by atoms with van der Waals surface area (Å²) in [5.41, 5.74) is 2.39. The van der Waals surface area contributed by atoms with Gasteiger partial charge in [-0.2, -0.15) is 0 Å². The molecule has 3 N–H and O–H groups in total. The first-order valence-electron chi connectivity index (χ1n) is 7.27. The number of aliphatic hydroxyl groups excluding tert-OH is 1. The molecule has 3 atom stereocenters. The number of imidazole rings is 1. The highest BCUT2D eigenvalue weighted by atomic mass is 16.3. The number of aromatic amines is 1. The van der Waals surface area contributed by atoms with E-state index in [2.05, 4.69) is 24.1 Å². The number of nitrogens with zero attached hydrogens (tertiary/aromatic N) is 1. The van der Waals surface area contributed by atoms with Crippen molar-refractivity contribution in [2.45, 2.75) is 51.4 Å². The van der Waals surface area contributed by atoms with E-state index in [1.165, 1.54) is 0 Å². The molecule has 0 spiro atoms. The third-order valence-corrected chi connectivity index (χ3v) is 4.30. The van der Waals surface area contributed by atoms with Crippen molar-refractivity contribution >= 4 is 11.0 Å². The van der Waals surface area contributed by atoms with Gasteiger partial charge in [0, 0.05) is 24.2 Å². The van der Waals surface area contributed by atoms with Crippen molar-refractivity contribution in [1.29, 1.82) is 0 Å². The molecule has 2 heterocycles. The Morgan fingerprint density at radius 1 is 1.55 bits per heavy atom. The maximum Gasteiger partial charge on any atom is 0.326 e. The van der Waals surface area contributed by atoms with Crippen molar-refractivity contribution in [2.75, 3.05) is 0 Å². The minimum absolute atomic E-state index is 0.0187. The molecule has 0 fully saturated rings. The lowest BCUT2D eigenvalue weighted by atomic mass is 9.99. The zero-order valence-electron chi connectivity index (χ0n) is 11.9. The van der Waals surface area contributed by atoms with Crippen LogP contribution in [0, 0.1) is 0 Å². The van der Waals surface area contributed by atoms with Gasteiger partial charge in [-0.25, -0.2) is 4.79 Å². The minimum Gasteiger partial charge on any atom is -0.387 e. The minimum atomic E-state index is -0.586. The highest BCUT2D eigenvalue weighted by Crippen LogP contribution is 2.29. The third-order valence-electron chi connectivity index (χ3n) is 4.30. The molecule has 2 aromatic rings. The van der Waals surface area contributed by atoms with Crippen LogP contribution in [0.1, 0.15) is 38.4 Å². The molecule has 20 heavy (non-hydrogen) atoms. The normalized spacial score (nSPS) is 23.8. The lowest BCUT2D eigenvalue weighted by Gasteiger charge is -2.26. The quantitative estimate of drug-likeness (QED) is 0.795. The summed E-state index contributed by atoms with van der Waals surface area (Å²) in [6, 6.07) is 6.01. The summed E-state index contributed by atoms with van der Waals surface area (Å²) in [5, 5.41) is 14.1. The fourth-order valence-corrected chi connectivity index (χ4v) is 3.00. The van der Waals surface area contributed by atoms with Gasteiger partial charge in [-0.1, -0.05) is 19.1 Å². The van der Waals surface area contributed by atoms with Gasteiger partial charge in [0.25, 0.3) is 0 Å². The summed E-state index contributed by atoms with van der Waals surface area (Å²) in [4.78, 5) is 14.9. The fraction of sp³-hybridized carbons (Fsp3) is 0.533. The number of para-hydroxylation sites is 1. The average Bonchev–Trinajstić information content (AvgIpc) is 2.69. The standard InChI is InChI=1S/C15H21N3O2/c1-3-9(2)16-12-7-8-18-13-10(14(12)19)5-4-6-11(13)17-15(18)20/h4-6,9,12,14,16,19H,3,7-8H2,1-2H3,(H,17,20)/t9-,12-,14-/m1/s1. The number of hydrogen-bond donors (Lipinski definition) is 3. The highest BCUT2D eigenvalue weighted by Gasteiger charge is 2.28. The Kier molecular flexibility index (Phi) is 3.40. The second kappa shape index (κ2) is 5.07. The van der Waals surface area contributed by atoms with Crippen molar-refractivity contribution in [2.24, 2.45) is 0 Å². The van der Waals surface area contributed by atoms with Crippen LogP contribution in [-0.2, 0) is 6.54 Å². The van der Waals surface area contributed by atoms with Crippen LogP contribution < -0.4 is 11.0 Å². The molecule has 0 aliphatic carbocycles. The maximum atomic E-state index is 12.0. The summed E-state index contributed by atoms with van der Waals surface area (Å²) >= 11 is 0. The van der Waals surface area contributed by atoms with E-state index in [4.69, 9.17) is 0 Å². The predicted octanol–water partition coefficient (Wildman–Crippen LogP) is 1.52. The van der Waals surface area contributed by atoms with Crippen LogP contribution in [0.25, 0.3) is 11.0 Å². The number of rotatable bonds is 3. The van der Waals surface area contributed by atoms with E-state index >= 15 is 0 Å². The lowest BCUT2D eigenvalue weighted by molar-refractivity contribution is 0.119. The molecule has 3 rings (SSSR count). The Morgan fingerprint density at radius 2 is 2.35 bits per heavy atom. The Labute approximate surface area is 117 Å². The molecule has 0 unspecified atom stereocenters. The highest BCUT2D eigenvalue weighted by molar-refractivity contribution is 5.79. The van der Waals surface area contributed by atoms with Gasteiger partial charge in [-0.05, 0) is 25.8 Å². The number of aliphatic hydroxyl groups is 1. The summed E-state index contributed by atoms with van der Waals surface area (Å²) in [7, 11) is 0. The largest absolute Gasteiger partial charge is 0.387 e. The van der Waals surface area contributed by atoms with E-state index in [1.807, 2.05) is 18.2 Å².